The second kappa shape index (κ2) is 7.73. The van der Waals surface area contributed by atoms with E-state index < -0.39 is 0 Å². The van der Waals surface area contributed by atoms with Crippen molar-refractivity contribution in [2.75, 3.05) is 0 Å². The van der Waals surface area contributed by atoms with Gasteiger partial charge in [-0.15, -0.1) is 0 Å². The predicted molar refractivity (Wildman–Crippen MR) is 118 cm³/mol. The molecule has 4 saturated carbocycles. The molecule has 0 N–H and O–H groups in total. The van der Waals surface area contributed by atoms with Gasteiger partial charge in [0.15, 0.2) is 0 Å². The smallest absolute Gasteiger partial charge is 0.133 e. The maximum atomic E-state index is 12.1. The van der Waals surface area contributed by atoms with Crippen LogP contribution >= 0.6 is 0 Å². The highest BCUT2D eigenvalue weighted by molar-refractivity contribution is 5.79. The number of ketones is 1. The summed E-state index contributed by atoms with van der Waals surface area (Å²) in [4.78, 5) is 12.1. The summed E-state index contributed by atoms with van der Waals surface area (Å²) in [6.07, 6.45) is 15.9. The molecule has 4 aliphatic rings. The highest BCUT2D eigenvalue weighted by atomic mass is 16.1. The van der Waals surface area contributed by atoms with Crippen LogP contribution in [0.3, 0.4) is 0 Å². The van der Waals surface area contributed by atoms with Gasteiger partial charge in [0.1, 0.15) is 5.78 Å². The van der Waals surface area contributed by atoms with Crippen molar-refractivity contribution in [2.24, 2.45) is 52.3 Å². The number of hydrogen-bond donors (Lipinski definition) is 0. The summed E-state index contributed by atoms with van der Waals surface area (Å²) in [7, 11) is 0. The lowest BCUT2D eigenvalue weighted by Gasteiger charge is -2.60. The van der Waals surface area contributed by atoms with Gasteiger partial charge in [0.2, 0.25) is 0 Å². The molecule has 4 aliphatic carbocycles. The Morgan fingerprint density at radius 3 is 2.39 bits per heavy atom. The minimum atomic E-state index is 0.471. The van der Waals surface area contributed by atoms with Crippen LogP contribution in [0.2, 0.25) is 0 Å². The summed E-state index contributed by atoms with van der Waals surface area (Å²) < 4.78 is 0. The Labute approximate surface area is 174 Å². The Bertz CT molecular complexity index is 579. The van der Waals surface area contributed by atoms with Gasteiger partial charge in [0.25, 0.3) is 0 Å². The molecule has 8 atom stereocenters. The molecule has 0 aliphatic heterocycles. The van der Waals surface area contributed by atoms with Gasteiger partial charge in [-0.3, -0.25) is 4.79 Å². The Balaban J connectivity index is 1.47. The third kappa shape index (κ3) is 3.41. The number of fused-ring (bicyclic) bond motifs is 5. The number of hydrogen-bond acceptors (Lipinski definition) is 1. The van der Waals surface area contributed by atoms with Crippen molar-refractivity contribution in [3.8, 4) is 0 Å². The molecule has 0 spiro atoms. The zero-order valence-corrected chi connectivity index (χ0v) is 19.4. The molecule has 4 fully saturated rings. The Hall–Kier alpha value is -0.330. The molecule has 0 bridgehead atoms. The summed E-state index contributed by atoms with van der Waals surface area (Å²) in [5, 5.41) is 0. The van der Waals surface area contributed by atoms with Gasteiger partial charge in [0.05, 0.1) is 0 Å². The molecule has 1 nitrogen and oxygen atoms in total. The van der Waals surface area contributed by atoms with Gasteiger partial charge in [-0.05, 0) is 97.2 Å². The van der Waals surface area contributed by atoms with Gasteiger partial charge >= 0.3 is 0 Å². The summed E-state index contributed by atoms with van der Waals surface area (Å²) >= 11 is 0. The summed E-state index contributed by atoms with van der Waals surface area (Å²) in [5.41, 5.74) is 1.07. The standard InChI is InChI=1S/C27H46O/c1-18(2)7-6-8-19(3)23-11-12-24-22-10-9-20-17-21(28)13-15-26(20,4)25(22)14-16-27(23,24)5/h18-20,22-25H,6-17H2,1-5H3/t19-,20+,22+,23-,24-,25-,26+,27-/m1/s1. The van der Waals surface area contributed by atoms with Crippen LogP contribution < -0.4 is 0 Å². The van der Waals surface area contributed by atoms with Crippen molar-refractivity contribution in [3.05, 3.63) is 0 Å². The van der Waals surface area contributed by atoms with Crippen molar-refractivity contribution in [2.45, 2.75) is 112 Å². The quantitative estimate of drug-likeness (QED) is 0.473. The Kier molecular flexibility index (Phi) is 5.78. The molecule has 0 heterocycles. The summed E-state index contributed by atoms with van der Waals surface area (Å²) in [6, 6.07) is 0. The molecule has 0 unspecified atom stereocenters. The van der Waals surface area contributed by atoms with Crippen molar-refractivity contribution in [1.29, 1.82) is 0 Å². The monoisotopic (exact) mass is 386 g/mol. The Morgan fingerprint density at radius 1 is 0.893 bits per heavy atom. The average Bonchev–Trinajstić information content (AvgIpc) is 2.99. The lowest BCUT2D eigenvalue weighted by molar-refractivity contribution is -0.140. The first kappa shape index (κ1) is 20.9. The number of carbonyl (C=O) groups is 1. The van der Waals surface area contributed by atoms with E-state index in [1.165, 1.54) is 64.2 Å². The van der Waals surface area contributed by atoms with Gasteiger partial charge in [-0.2, -0.15) is 0 Å². The summed E-state index contributed by atoms with van der Waals surface area (Å²) in [6.45, 7) is 12.6. The van der Waals surface area contributed by atoms with Gasteiger partial charge in [0, 0.05) is 12.8 Å². The molecule has 0 saturated heterocycles. The fourth-order valence-electron chi connectivity index (χ4n) is 9.07. The second-order valence-electron chi connectivity index (χ2n) is 12.4. The number of rotatable bonds is 5. The van der Waals surface area contributed by atoms with Crippen LogP contribution in [0.4, 0.5) is 0 Å². The van der Waals surface area contributed by atoms with Crippen LogP contribution in [0.5, 0.6) is 0 Å². The topological polar surface area (TPSA) is 17.1 Å². The van der Waals surface area contributed by atoms with E-state index >= 15 is 0 Å². The van der Waals surface area contributed by atoms with E-state index in [-0.39, 0.29) is 0 Å². The lowest BCUT2D eigenvalue weighted by Crippen LogP contribution is -2.53. The van der Waals surface area contributed by atoms with E-state index in [1.807, 2.05) is 0 Å². The Morgan fingerprint density at radius 2 is 1.64 bits per heavy atom. The molecule has 1 heteroatoms. The number of Topliss-reactive ketones (excluding diaryl/α,β-unsaturated/α-hetero) is 1. The van der Waals surface area contributed by atoms with E-state index in [4.69, 9.17) is 0 Å². The molecule has 0 aromatic heterocycles. The van der Waals surface area contributed by atoms with Crippen LogP contribution in [0.25, 0.3) is 0 Å². The molecule has 0 aromatic rings. The average molecular weight is 387 g/mol. The molecule has 0 aromatic carbocycles. The third-order valence-electron chi connectivity index (χ3n) is 10.7. The first-order valence-corrected chi connectivity index (χ1v) is 12.8. The fourth-order valence-corrected chi connectivity index (χ4v) is 9.07. The zero-order valence-electron chi connectivity index (χ0n) is 19.4. The minimum Gasteiger partial charge on any atom is -0.300 e. The van der Waals surface area contributed by atoms with Crippen molar-refractivity contribution < 1.29 is 4.79 Å². The molecule has 0 amide bonds. The van der Waals surface area contributed by atoms with Gasteiger partial charge in [-0.25, -0.2) is 0 Å². The second-order valence-corrected chi connectivity index (χ2v) is 12.4. The molecular formula is C27H46O. The van der Waals surface area contributed by atoms with Crippen LogP contribution in [0.1, 0.15) is 112 Å². The highest BCUT2D eigenvalue weighted by Crippen LogP contribution is 2.68. The van der Waals surface area contributed by atoms with Crippen LogP contribution in [-0.4, -0.2) is 5.78 Å². The van der Waals surface area contributed by atoms with Crippen LogP contribution in [0.15, 0.2) is 0 Å². The first-order chi connectivity index (χ1) is 13.3. The fraction of sp³-hybridized carbons (Fsp3) is 0.963. The van der Waals surface area contributed by atoms with Gasteiger partial charge < -0.3 is 0 Å². The maximum absolute atomic E-state index is 12.1. The van der Waals surface area contributed by atoms with Crippen molar-refractivity contribution >= 4 is 5.78 Å². The molecule has 160 valence electrons. The van der Waals surface area contributed by atoms with E-state index in [1.54, 1.807) is 0 Å². The highest BCUT2D eigenvalue weighted by Gasteiger charge is 2.60. The van der Waals surface area contributed by atoms with E-state index in [0.29, 0.717) is 22.5 Å². The molecule has 28 heavy (non-hydrogen) atoms. The zero-order chi connectivity index (χ0) is 20.1. The van der Waals surface area contributed by atoms with E-state index in [9.17, 15) is 4.79 Å². The predicted octanol–water partition coefficient (Wildman–Crippen LogP) is 7.68. The number of carbonyl (C=O) groups excluding carboxylic acids is 1. The summed E-state index contributed by atoms with van der Waals surface area (Å²) in [5.74, 6) is 6.82. The third-order valence-corrected chi connectivity index (χ3v) is 10.7. The van der Waals surface area contributed by atoms with Gasteiger partial charge in [-0.1, -0.05) is 53.9 Å². The minimum absolute atomic E-state index is 0.471. The molecule has 0 radical (unpaired) electrons. The van der Waals surface area contributed by atoms with Crippen LogP contribution in [0, 0.1) is 52.3 Å². The maximum Gasteiger partial charge on any atom is 0.133 e. The van der Waals surface area contributed by atoms with Crippen molar-refractivity contribution in [3.63, 3.8) is 0 Å². The van der Waals surface area contributed by atoms with Crippen LogP contribution in [-0.2, 0) is 4.79 Å². The van der Waals surface area contributed by atoms with Crippen molar-refractivity contribution in [1.82, 2.24) is 0 Å². The molecular weight excluding hydrogens is 340 g/mol. The van der Waals surface area contributed by atoms with E-state index in [2.05, 4.69) is 34.6 Å². The molecule has 4 rings (SSSR count). The normalized spacial score (nSPS) is 46.8. The first-order valence-electron chi connectivity index (χ1n) is 12.8. The lowest BCUT2D eigenvalue weighted by atomic mass is 9.44. The SMILES string of the molecule is CC(C)CCC[C@@H](C)[C@H]1CC[C@@H]2[C@@H]3CC[C@H]4CC(=O)CC[C@]4(C)[C@@H]3CC[C@@]21C. The van der Waals surface area contributed by atoms with E-state index in [0.717, 1.165) is 48.3 Å². The largest absolute Gasteiger partial charge is 0.300 e.